The van der Waals surface area contributed by atoms with E-state index in [2.05, 4.69) is 52.1 Å². The molecular formula is C26H36N2O3S. The Morgan fingerprint density at radius 3 is 2.00 bits per heavy atom. The molecule has 0 radical (unpaired) electrons. The highest BCUT2D eigenvalue weighted by Gasteiger charge is 2.33. The first kappa shape index (κ1) is 24.5. The smallest absolute Gasteiger partial charge is 0.243 e. The zero-order chi connectivity index (χ0) is 23.6. The maximum atomic E-state index is 13.1. The van der Waals surface area contributed by atoms with Gasteiger partial charge in [0.15, 0.2) is 0 Å². The topological polar surface area (TPSA) is 66.5 Å². The van der Waals surface area contributed by atoms with Crippen LogP contribution in [0.4, 0.5) is 0 Å². The first-order valence-electron chi connectivity index (χ1n) is 11.4. The van der Waals surface area contributed by atoms with Gasteiger partial charge in [0.25, 0.3) is 0 Å². The average Bonchev–Trinajstić information content (AvgIpc) is 2.77. The third-order valence-corrected chi connectivity index (χ3v) is 8.36. The van der Waals surface area contributed by atoms with Crippen molar-refractivity contribution in [3.63, 3.8) is 0 Å². The van der Waals surface area contributed by atoms with Crippen molar-refractivity contribution in [3.8, 4) is 0 Å². The number of hydrogen-bond acceptors (Lipinski definition) is 3. The first-order valence-corrected chi connectivity index (χ1v) is 12.8. The van der Waals surface area contributed by atoms with Gasteiger partial charge in [-0.2, -0.15) is 4.31 Å². The van der Waals surface area contributed by atoms with Crippen LogP contribution in [-0.2, 0) is 25.6 Å². The molecule has 0 aliphatic carbocycles. The molecular weight excluding hydrogens is 420 g/mol. The van der Waals surface area contributed by atoms with Crippen LogP contribution in [0.25, 0.3) is 0 Å². The van der Waals surface area contributed by atoms with Gasteiger partial charge in [0.05, 0.1) is 4.90 Å². The van der Waals surface area contributed by atoms with Gasteiger partial charge in [-0.15, -0.1) is 0 Å². The van der Waals surface area contributed by atoms with E-state index >= 15 is 0 Å². The molecule has 1 aliphatic heterocycles. The largest absolute Gasteiger partial charge is 0.355 e. The number of rotatable bonds is 6. The van der Waals surface area contributed by atoms with Crippen LogP contribution in [0, 0.1) is 5.92 Å². The minimum absolute atomic E-state index is 0.0144. The van der Waals surface area contributed by atoms with E-state index in [1.807, 2.05) is 30.3 Å². The molecule has 32 heavy (non-hydrogen) atoms. The molecule has 6 heteroatoms. The van der Waals surface area contributed by atoms with E-state index in [-0.39, 0.29) is 22.7 Å². The zero-order valence-electron chi connectivity index (χ0n) is 19.9. The second kappa shape index (κ2) is 9.36. The second-order valence-electron chi connectivity index (χ2n) is 10.4. The van der Waals surface area contributed by atoms with Gasteiger partial charge >= 0.3 is 0 Å². The van der Waals surface area contributed by atoms with Crippen molar-refractivity contribution in [2.24, 2.45) is 5.92 Å². The molecule has 0 unspecified atom stereocenters. The van der Waals surface area contributed by atoms with Crippen molar-refractivity contribution in [1.29, 1.82) is 0 Å². The van der Waals surface area contributed by atoms with Crippen LogP contribution in [0.3, 0.4) is 0 Å². The van der Waals surface area contributed by atoms with E-state index in [9.17, 15) is 13.2 Å². The predicted octanol–water partition coefficient (Wildman–Crippen LogP) is 4.48. The van der Waals surface area contributed by atoms with E-state index in [4.69, 9.17) is 0 Å². The summed E-state index contributed by atoms with van der Waals surface area (Å²) in [5.74, 6) is -0.142. The van der Waals surface area contributed by atoms with Gasteiger partial charge in [-0.1, -0.05) is 77.1 Å². The minimum atomic E-state index is -3.54. The van der Waals surface area contributed by atoms with Crippen molar-refractivity contribution >= 4 is 15.9 Å². The molecule has 0 saturated carbocycles. The van der Waals surface area contributed by atoms with Gasteiger partial charge in [-0.3, -0.25) is 4.79 Å². The van der Waals surface area contributed by atoms with Gasteiger partial charge < -0.3 is 5.32 Å². The van der Waals surface area contributed by atoms with Crippen molar-refractivity contribution < 1.29 is 13.2 Å². The summed E-state index contributed by atoms with van der Waals surface area (Å²) in [7, 11) is -3.54. The summed E-state index contributed by atoms with van der Waals surface area (Å²) in [5.41, 5.74) is 2.09. The highest BCUT2D eigenvalue weighted by molar-refractivity contribution is 7.89. The summed E-state index contributed by atoms with van der Waals surface area (Å²) in [6, 6.07) is 17.3. The molecule has 0 aromatic heterocycles. The van der Waals surface area contributed by atoms with Crippen LogP contribution in [0.5, 0.6) is 0 Å². The van der Waals surface area contributed by atoms with E-state index in [1.54, 1.807) is 12.1 Å². The fourth-order valence-electron chi connectivity index (χ4n) is 4.08. The molecule has 2 aromatic carbocycles. The van der Waals surface area contributed by atoms with Crippen molar-refractivity contribution in [3.05, 3.63) is 65.7 Å². The molecule has 174 valence electrons. The fraction of sp³-hybridized carbons (Fsp3) is 0.500. The Hall–Kier alpha value is -2.18. The van der Waals surface area contributed by atoms with Crippen molar-refractivity contribution in [2.45, 2.75) is 63.2 Å². The van der Waals surface area contributed by atoms with Crippen LogP contribution in [-0.4, -0.2) is 38.3 Å². The number of nitrogens with one attached hydrogen (secondary N) is 1. The molecule has 1 saturated heterocycles. The summed E-state index contributed by atoms with van der Waals surface area (Å²) in [5, 5.41) is 3.09. The third-order valence-electron chi connectivity index (χ3n) is 6.44. The van der Waals surface area contributed by atoms with Crippen LogP contribution in [0.1, 0.15) is 58.6 Å². The monoisotopic (exact) mass is 456 g/mol. The minimum Gasteiger partial charge on any atom is -0.355 e. The maximum absolute atomic E-state index is 13.1. The lowest BCUT2D eigenvalue weighted by atomic mass is 9.84. The van der Waals surface area contributed by atoms with Crippen LogP contribution >= 0.6 is 0 Å². The Morgan fingerprint density at radius 1 is 0.906 bits per heavy atom. The predicted molar refractivity (Wildman–Crippen MR) is 129 cm³/mol. The third kappa shape index (κ3) is 5.59. The number of sulfonamides is 1. The van der Waals surface area contributed by atoms with Crippen molar-refractivity contribution in [2.75, 3.05) is 19.6 Å². The quantitative estimate of drug-likeness (QED) is 0.697. The number of piperidine rings is 1. The maximum Gasteiger partial charge on any atom is 0.243 e. The Kier molecular flexibility index (Phi) is 7.15. The highest BCUT2D eigenvalue weighted by Crippen LogP contribution is 2.28. The van der Waals surface area contributed by atoms with Gasteiger partial charge in [0.1, 0.15) is 0 Å². The molecule has 1 amide bonds. The molecule has 1 N–H and O–H groups in total. The molecule has 0 atom stereocenters. The molecule has 1 fully saturated rings. The lowest BCUT2D eigenvalue weighted by Crippen LogP contribution is -2.45. The number of carbonyl (C=O) groups is 1. The summed E-state index contributed by atoms with van der Waals surface area (Å²) in [6.07, 6.45) is 1.08. The van der Waals surface area contributed by atoms with E-state index in [0.717, 1.165) is 5.56 Å². The molecule has 3 rings (SSSR count). The van der Waals surface area contributed by atoms with E-state index < -0.39 is 10.0 Å². The highest BCUT2D eigenvalue weighted by atomic mass is 32.2. The first-order chi connectivity index (χ1) is 14.9. The Balaban J connectivity index is 1.56. The van der Waals surface area contributed by atoms with Gasteiger partial charge in [0, 0.05) is 31.0 Å². The molecule has 1 heterocycles. The molecule has 0 spiro atoms. The molecule has 0 bridgehead atoms. The van der Waals surface area contributed by atoms with Crippen LogP contribution in [0.2, 0.25) is 0 Å². The summed E-state index contributed by atoms with van der Waals surface area (Å²) in [4.78, 5) is 13.1. The summed E-state index contributed by atoms with van der Waals surface area (Å²) < 4.78 is 27.6. The number of carbonyl (C=O) groups excluding carboxylic acids is 1. The van der Waals surface area contributed by atoms with Crippen molar-refractivity contribution in [1.82, 2.24) is 9.62 Å². The molecule has 1 aliphatic rings. The lowest BCUT2D eigenvalue weighted by Gasteiger charge is -2.32. The summed E-state index contributed by atoms with van der Waals surface area (Å²) >= 11 is 0. The van der Waals surface area contributed by atoms with Gasteiger partial charge in [-0.05, 0) is 41.5 Å². The number of amides is 1. The standard InChI is InChI=1S/C26H36N2O3S/c1-25(2,3)21-11-13-23(14-12-21)32(30,31)28-17-15-20(16-18-28)24(29)27-19-26(4,5)22-9-7-6-8-10-22/h6-14,20H,15-19H2,1-5H3,(H,27,29). The average molecular weight is 457 g/mol. The molecule has 5 nitrogen and oxygen atoms in total. The van der Waals surface area contributed by atoms with E-state index in [0.29, 0.717) is 37.4 Å². The molecule has 2 aromatic rings. The second-order valence-corrected chi connectivity index (χ2v) is 12.4. The SMILES string of the molecule is CC(C)(C)c1ccc(S(=O)(=O)N2CCC(C(=O)NCC(C)(C)c3ccccc3)CC2)cc1. The lowest BCUT2D eigenvalue weighted by molar-refractivity contribution is -0.126. The fourth-order valence-corrected chi connectivity index (χ4v) is 5.55. The zero-order valence-corrected chi connectivity index (χ0v) is 20.7. The number of benzene rings is 2. The summed E-state index contributed by atoms with van der Waals surface area (Å²) in [6.45, 7) is 11.8. The Labute approximate surface area is 193 Å². The van der Waals surface area contributed by atoms with E-state index in [1.165, 1.54) is 9.87 Å². The van der Waals surface area contributed by atoms with Gasteiger partial charge in [0.2, 0.25) is 15.9 Å². The van der Waals surface area contributed by atoms with Gasteiger partial charge in [-0.25, -0.2) is 8.42 Å². The Morgan fingerprint density at radius 2 is 1.47 bits per heavy atom. The van der Waals surface area contributed by atoms with Crippen LogP contribution < -0.4 is 5.32 Å². The number of nitrogens with zero attached hydrogens (tertiary/aromatic N) is 1. The number of hydrogen-bond donors (Lipinski definition) is 1. The van der Waals surface area contributed by atoms with Crippen LogP contribution in [0.15, 0.2) is 59.5 Å². The normalized spacial score (nSPS) is 16.7. The Bertz CT molecular complexity index is 1010.